The fourth-order valence-corrected chi connectivity index (χ4v) is 6.25. The van der Waals surface area contributed by atoms with Crippen molar-refractivity contribution < 1.29 is 24.2 Å². The number of hydrogen-bond donors (Lipinski definition) is 3. The molecule has 0 saturated carbocycles. The van der Waals surface area contributed by atoms with Gasteiger partial charge in [0.2, 0.25) is 17.7 Å². The first kappa shape index (κ1) is 25.9. The standard InChI is InChI=1S/C25H43N3O5/c1-4-7-15-27-22(31)20-25-13-12-24(6-3,33-25)18(21(30)26-14-5-2)19(25)23(32)28(20)16-10-8-9-11-17-29/h18-20,29H,4-17H2,1-3H3,(H,26,30)(H,27,31)/t18-,19-,20?,24+,25?/m0/s1. The second-order valence-electron chi connectivity index (χ2n) is 9.94. The van der Waals surface area contributed by atoms with E-state index in [0.717, 1.165) is 44.9 Å². The van der Waals surface area contributed by atoms with Crippen LogP contribution in [0.4, 0.5) is 0 Å². The molecule has 3 N–H and O–H groups in total. The normalized spacial score (nSPS) is 32.3. The van der Waals surface area contributed by atoms with Crippen LogP contribution in [0.15, 0.2) is 0 Å². The summed E-state index contributed by atoms with van der Waals surface area (Å²) in [5.41, 5.74) is -1.60. The highest BCUT2D eigenvalue weighted by atomic mass is 16.5. The van der Waals surface area contributed by atoms with Gasteiger partial charge in [0.1, 0.15) is 11.6 Å². The zero-order valence-corrected chi connectivity index (χ0v) is 20.7. The van der Waals surface area contributed by atoms with Crippen molar-refractivity contribution in [2.45, 2.75) is 102 Å². The number of unbranched alkanes of at least 4 members (excludes halogenated alkanes) is 4. The zero-order chi connectivity index (χ0) is 24.1. The van der Waals surface area contributed by atoms with Crippen molar-refractivity contribution in [3.63, 3.8) is 0 Å². The van der Waals surface area contributed by atoms with Crippen LogP contribution in [0.1, 0.15) is 85.0 Å². The van der Waals surface area contributed by atoms with E-state index in [-0.39, 0.29) is 24.3 Å². The Hall–Kier alpha value is -1.67. The number of aliphatic hydroxyl groups is 1. The van der Waals surface area contributed by atoms with Crippen molar-refractivity contribution in [1.29, 1.82) is 0 Å². The monoisotopic (exact) mass is 465 g/mol. The van der Waals surface area contributed by atoms with Gasteiger partial charge in [-0.1, -0.05) is 40.0 Å². The molecule has 3 amide bonds. The van der Waals surface area contributed by atoms with E-state index in [0.29, 0.717) is 38.9 Å². The number of carbonyl (C=O) groups excluding carboxylic acids is 3. The van der Waals surface area contributed by atoms with Crippen LogP contribution in [-0.2, 0) is 19.1 Å². The Kier molecular flexibility index (Phi) is 8.78. The van der Waals surface area contributed by atoms with Gasteiger partial charge in [0.25, 0.3) is 0 Å². The second-order valence-corrected chi connectivity index (χ2v) is 9.94. The Morgan fingerprint density at radius 1 is 1.00 bits per heavy atom. The molecule has 2 unspecified atom stereocenters. The quantitative estimate of drug-likeness (QED) is 0.341. The summed E-state index contributed by atoms with van der Waals surface area (Å²) >= 11 is 0. The Labute approximate surface area is 198 Å². The van der Waals surface area contributed by atoms with Crippen LogP contribution in [-0.4, -0.2) is 71.2 Å². The largest absolute Gasteiger partial charge is 0.396 e. The topological polar surface area (TPSA) is 108 Å². The van der Waals surface area contributed by atoms with Crippen molar-refractivity contribution in [2.75, 3.05) is 26.2 Å². The number of likely N-dealkylation sites (tertiary alicyclic amines) is 1. The van der Waals surface area contributed by atoms with Gasteiger partial charge in [-0.2, -0.15) is 0 Å². The molecule has 0 aromatic heterocycles. The molecule has 0 aromatic carbocycles. The lowest BCUT2D eigenvalue weighted by molar-refractivity contribution is -0.147. The highest BCUT2D eigenvalue weighted by Gasteiger charge is 2.78. The predicted molar refractivity (Wildman–Crippen MR) is 125 cm³/mol. The number of ether oxygens (including phenoxy) is 1. The lowest BCUT2D eigenvalue weighted by Gasteiger charge is -2.34. The van der Waals surface area contributed by atoms with Gasteiger partial charge in [0, 0.05) is 26.2 Å². The number of aliphatic hydroxyl groups excluding tert-OH is 1. The predicted octanol–water partition coefficient (Wildman–Crippen LogP) is 2.14. The first-order chi connectivity index (χ1) is 15.9. The molecule has 5 atom stereocenters. The van der Waals surface area contributed by atoms with E-state index in [9.17, 15) is 14.4 Å². The van der Waals surface area contributed by atoms with Crippen molar-refractivity contribution in [2.24, 2.45) is 11.8 Å². The third-order valence-corrected chi connectivity index (χ3v) is 7.90. The highest BCUT2D eigenvalue weighted by molar-refractivity contribution is 5.99. The summed E-state index contributed by atoms with van der Waals surface area (Å²) in [7, 11) is 0. The van der Waals surface area contributed by atoms with Crippen molar-refractivity contribution in [1.82, 2.24) is 15.5 Å². The van der Waals surface area contributed by atoms with Gasteiger partial charge < -0.3 is 25.4 Å². The van der Waals surface area contributed by atoms with Crippen LogP contribution in [0, 0.1) is 11.8 Å². The molecule has 8 nitrogen and oxygen atoms in total. The average Bonchev–Trinajstić information content (AvgIpc) is 3.41. The Bertz CT molecular complexity index is 716. The van der Waals surface area contributed by atoms with Gasteiger partial charge in [-0.3, -0.25) is 14.4 Å². The summed E-state index contributed by atoms with van der Waals surface area (Å²) in [6, 6.07) is -0.693. The lowest BCUT2D eigenvalue weighted by atomic mass is 9.65. The molecule has 3 saturated heterocycles. The minimum Gasteiger partial charge on any atom is -0.396 e. The maximum Gasteiger partial charge on any atom is 0.245 e. The maximum atomic E-state index is 13.8. The summed E-state index contributed by atoms with van der Waals surface area (Å²) in [5.74, 6) is -1.55. The molecule has 3 rings (SSSR count). The summed E-state index contributed by atoms with van der Waals surface area (Å²) < 4.78 is 6.70. The van der Waals surface area contributed by atoms with E-state index in [1.807, 2.05) is 13.8 Å². The number of nitrogens with one attached hydrogen (secondary N) is 2. The minimum atomic E-state index is -0.928. The third kappa shape index (κ3) is 4.65. The number of amides is 3. The van der Waals surface area contributed by atoms with E-state index in [4.69, 9.17) is 9.84 Å². The van der Waals surface area contributed by atoms with Crippen LogP contribution < -0.4 is 10.6 Å². The molecule has 8 heteroatoms. The van der Waals surface area contributed by atoms with Gasteiger partial charge in [0.15, 0.2) is 0 Å². The fourth-order valence-electron chi connectivity index (χ4n) is 6.25. The molecule has 3 heterocycles. The molecule has 0 aliphatic carbocycles. The molecule has 1 spiro atoms. The smallest absolute Gasteiger partial charge is 0.245 e. The van der Waals surface area contributed by atoms with Crippen LogP contribution in [0.3, 0.4) is 0 Å². The van der Waals surface area contributed by atoms with Crippen LogP contribution >= 0.6 is 0 Å². The molecular weight excluding hydrogens is 422 g/mol. The van der Waals surface area contributed by atoms with Crippen molar-refractivity contribution in [3.8, 4) is 0 Å². The second kappa shape index (κ2) is 11.2. The lowest BCUT2D eigenvalue weighted by Crippen LogP contribution is -2.55. The number of hydrogen-bond acceptors (Lipinski definition) is 5. The summed E-state index contributed by atoms with van der Waals surface area (Å²) in [5, 5.41) is 15.1. The van der Waals surface area contributed by atoms with E-state index < -0.39 is 29.1 Å². The minimum absolute atomic E-state index is 0.112. The van der Waals surface area contributed by atoms with Crippen LogP contribution in [0.5, 0.6) is 0 Å². The summed E-state index contributed by atoms with van der Waals surface area (Å²) in [6.45, 7) is 7.87. The summed E-state index contributed by atoms with van der Waals surface area (Å²) in [4.78, 5) is 42.3. The van der Waals surface area contributed by atoms with Crippen molar-refractivity contribution in [3.05, 3.63) is 0 Å². The van der Waals surface area contributed by atoms with Gasteiger partial charge in [-0.25, -0.2) is 0 Å². The molecular formula is C25H43N3O5. The first-order valence-electron chi connectivity index (χ1n) is 13.1. The van der Waals surface area contributed by atoms with Crippen molar-refractivity contribution >= 4 is 17.7 Å². The number of carbonyl (C=O) groups is 3. The highest BCUT2D eigenvalue weighted by Crippen LogP contribution is 2.64. The Balaban J connectivity index is 1.89. The Morgan fingerprint density at radius 2 is 1.73 bits per heavy atom. The van der Waals surface area contributed by atoms with Crippen LogP contribution in [0.25, 0.3) is 0 Å². The third-order valence-electron chi connectivity index (χ3n) is 7.90. The van der Waals surface area contributed by atoms with E-state index >= 15 is 0 Å². The van der Waals surface area contributed by atoms with Gasteiger partial charge in [0.05, 0.1) is 17.4 Å². The SMILES string of the molecule is CCCCNC(=O)C1N(CCCCCCO)C(=O)[C@@H]2[C@@H](C(=O)NCCC)[C@@]3(CC)CCC12O3. The number of rotatable bonds is 14. The Morgan fingerprint density at radius 3 is 2.39 bits per heavy atom. The first-order valence-corrected chi connectivity index (χ1v) is 13.1. The molecule has 3 aliphatic heterocycles. The molecule has 0 aromatic rings. The molecule has 188 valence electrons. The molecule has 3 fully saturated rings. The van der Waals surface area contributed by atoms with Crippen LogP contribution in [0.2, 0.25) is 0 Å². The zero-order valence-electron chi connectivity index (χ0n) is 20.7. The number of nitrogens with zero attached hydrogens (tertiary/aromatic N) is 1. The molecule has 2 bridgehead atoms. The van der Waals surface area contributed by atoms with E-state index in [1.165, 1.54) is 0 Å². The molecule has 0 radical (unpaired) electrons. The van der Waals surface area contributed by atoms with Gasteiger partial charge in [-0.05, 0) is 44.9 Å². The average molecular weight is 466 g/mol. The molecule has 33 heavy (non-hydrogen) atoms. The summed E-state index contributed by atoms with van der Waals surface area (Å²) in [6.07, 6.45) is 7.92. The van der Waals surface area contributed by atoms with E-state index in [1.54, 1.807) is 4.90 Å². The van der Waals surface area contributed by atoms with Gasteiger partial charge >= 0.3 is 0 Å². The number of fused-ring (bicyclic) bond motifs is 1. The van der Waals surface area contributed by atoms with Gasteiger partial charge in [-0.15, -0.1) is 0 Å². The van der Waals surface area contributed by atoms with E-state index in [2.05, 4.69) is 17.6 Å². The molecule has 3 aliphatic rings. The maximum absolute atomic E-state index is 13.8. The fraction of sp³-hybridized carbons (Fsp3) is 0.880.